The van der Waals surface area contributed by atoms with Crippen LogP contribution in [0, 0.1) is 0 Å². The lowest BCUT2D eigenvalue weighted by atomic mass is 9.98. The summed E-state index contributed by atoms with van der Waals surface area (Å²) in [5, 5.41) is 4.49. The van der Waals surface area contributed by atoms with E-state index in [1.54, 1.807) is 0 Å². The fourth-order valence-corrected chi connectivity index (χ4v) is 2.26. The Labute approximate surface area is 117 Å². The summed E-state index contributed by atoms with van der Waals surface area (Å²) in [4.78, 5) is 0. The van der Waals surface area contributed by atoms with Crippen molar-refractivity contribution in [3.63, 3.8) is 0 Å². The van der Waals surface area contributed by atoms with Crippen molar-refractivity contribution in [1.82, 2.24) is 0 Å². The molecule has 0 aliphatic heterocycles. The van der Waals surface area contributed by atoms with Crippen LogP contribution in [0.1, 0.15) is 11.1 Å². The molecule has 1 nitrogen and oxygen atoms in total. The standard InChI is InChI=1S/C15H13Cl2N/c1-10(12-5-3-4-6-14(12)17)13-9-11(16)7-8-15(13)18-2/h3-9,18H,1H2,2H3. The van der Waals surface area contributed by atoms with Crippen molar-refractivity contribution in [3.8, 4) is 0 Å². The Kier molecular flexibility index (Phi) is 3.95. The van der Waals surface area contributed by atoms with Gasteiger partial charge in [-0.1, -0.05) is 48.0 Å². The number of hydrogen-bond acceptors (Lipinski definition) is 1. The molecule has 0 aliphatic carbocycles. The van der Waals surface area contributed by atoms with Gasteiger partial charge < -0.3 is 5.32 Å². The predicted molar refractivity (Wildman–Crippen MR) is 80.6 cm³/mol. The number of halogens is 2. The molecule has 92 valence electrons. The van der Waals surface area contributed by atoms with Gasteiger partial charge in [0.1, 0.15) is 0 Å². The first kappa shape index (κ1) is 13.0. The zero-order valence-corrected chi connectivity index (χ0v) is 11.5. The van der Waals surface area contributed by atoms with Crippen molar-refractivity contribution in [3.05, 3.63) is 70.2 Å². The molecule has 0 bridgehead atoms. The number of benzene rings is 2. The maximum Gasteiger partial charge on any atom is 0.0484 e. The molecule has 0 amide bonds. The highest BCUT2D eigenvalue weighted by molar-refractivity contribution is 6.33. The van der Waals surface area contributed by atoms with Gasteiger partial charge in [-0.3, -0.25) is 0 Å². The summed E-state index contributed by atoms with van der Waals surface area (Å²) in [6.45, 7) is 4.12. The Morgan fingerprint density at radius 2 is 1.78 bits per heavy atom. The normalized spacial score (nSPS) is 10.2. The van der Waals surface area contributed by atoms with Gasteiger partial charge in [-0.25, -0.2) is 0 Å². The smallest absolute Gasteiger partial charge is 0.0484 e. The molecule has 0 aliphatic rings. The van der Waals surface area contributed by atoms with E-state index in [2.05, 4.69) is 11.9 Å². The van der Waals surface area contributed by atoms with Gasteiger partial charge >= 0.3 is 0 Å². The van der Waals surface area contributed by atoms with Crippen molar-refractivity contribution in [1.29, 1.82) is 0 Å². The van der Waals surface area contributed by atoms with E-state index >= 15 is 0 Å². The zero-order chi connectivity index (χ0) is 13.1. The highest BCUT2D eigenvalue weighted by Crippen LogP contribution is 2.33. The summed E-state index contributed by atoms with van der Waals surface area (Å²) in [5.41, 5.74) is 3.70. The molecule has 0 radical (unpaired) electrons. The van der Waals surface area contributed by atoms with E-state index in [0.717, 1.165) is 22.4 Å². The molecule has 0 saturated heterocycles. The number of rotatable bonds is 3. The summed E-state index contributed by atoms with van der Waals surface area (Å²) in [7, 11) is 1.87. The largest absolute Gasteiger partial charge is 0.388 e. The first-order valence-electron chi connectivity index (χ1n) is 5.55. The third kappa shape index (κ3) is 2.53. The summed E-state index contributed by atoms with van der Waals surface area (Å²) >= 11 is 12.2. The molecule has 0 atom stereocenters. The number of hydrogen-bond donors (Lipinski definition) is 1. The van der Waals surface area contributed by atoms with Crippen LogP contribution >= 0.6 is 23.2 Å². The SMILES string of the molecule is C=C(c1ccccc1Cl)c1cc(Cl)ccc1NC. The molecule has 0 unspecified atom stereocenters. The van der Waals surface area contributed by atoms with E-state index in [-0.39, 0.29) is 0 Å². The molecular weight excluding hydrogens is 265 g/mol. The topological polar surface area (TPSA) is 12.0 Å². The van der Waals surface area contributed by atoms with E-state index in [9.17, 15) is 0 Å². The predicted octanol–water partition coefficient (Wildman–Crippen LogP) is 5.10. The third-order valence-electron chi connectivity index (χ3n) is 2.78. The van der Waals surface area contributed by atoms with Crippen molar-refractivity contribution in [2.75, 3.05) is 12.4 Å². The first-order chi connectivity index (χ1) is 8.63. The molecular formula is C15H13Cl2N. The third-order valence-corrected chi connectivity index (χ3v) is 3.34. The second-order valence-corrected chi connectivity index (χ2v) is 4.74. The second kappa shape index (κ2) is 5.47. The molecule has 0 spiro atoms. The van der Waals surface area contributed by atoms with Gasteiger partial charge in [0.25, 0.3) is 0 Å². The van der Waals surface area contributed by atoms with Gasteiger partial charge in [0.15, 0.2) is 0 Å². The van der Waals surface area contributed by atoms with Crippen LogP contribution in [0.2, 0.25) is 10.0 Å². The fourth-order valence-electron chi connectivity index (χ4n) is 1.84. The summed E-state index contributed by atoms with van der Waals surface area (Å²) in [6.07, 6.45) is 0. The van der Waals surface area contributed by atoms with Gasteiger partial charge in [0.2, 0.25) is 0 Å². The second-order valence-electron chi connectivity index (χ2n) is 3.90. The van der Waals surface area contributed by atoms with Crippen LogP contribution in [0.4, 0.5) is 5.69 Å². The van der Waals surface area contributed by atoms with Crippen LogP contribution in [0.25, 0.3) is 5.57 Å². The number of anilines is 1. The molecule has 1 N–H and O–H groups in total. The molecule has 2 rings (SSSR count). The van der Waals surface area contributed by atoms with Crippen LogP contribution in [0.5, 0.6) is 0 Å². The number of nitrogens with one attached hydrogen (secondary N) is 1. The van der Waals surface area contributed by atoms with E-state index < -0.39 is 0 Å². The Hall–Kier alpha value is -1.44. The van der Waals surface area contributed by atoms with Gasteiger partial charge in [-0.2, -0.15) is 0 Å². The van der Waals surface area contributed by atoms with E-state index in [4.69, 9.17) is 23.2 Å². The molecule has 0 heterocycles. The lowest BCUT2D eigenvalue weighted by molar-refractivity contribution is 1.47. The minimum absolute atomic E-state index is 0.678. The Morgan fingerprint density at radius 1 is 1.06 bits per heavy atom. The Bertz CT molecular complexity index is 591. The van der Waals surface area contributed by atoms with Crippen LogP contribution in [0.3, 0.4) is 0 Å². The van der Waals surface area contributed by atoms with Gasteiger partial charge in [0.05, 0.1) is 0 Å². The van der Waals surface area contributed by atoms with Gasteiger partial charge in [0, 0.05) is 33.9 Å². The summed E-state index contributed by atoms with van der Waals surface area (Å²) in [6, 6.07) is 13.3. The van der Waals surface area contributed by atoms with Crippen molar-refractivity contribution in [2.45, 2.75) is 0 Å². The average Bonchev–Trinajstić information content (AvgIpc) is 2.38. The summed E-state index contributed by atoms with van der Waals surface area (Å²) < 4.78 is 0. The first-order valence-corrected chi connectivity index (χ1v) is 6.30. The van der Waals surface area contributed by atoms with E-state index in [0.29, 0.717) is 10.0 Å². The molecule has 0 fully saturated rings. The lowest BCUT2D eigenvalue weighted by Crippen LogP contribution is -1.96. The molecule has 18 heavy (non-hydrogen) atoms. The molecule has 0 saturated carbocycles. The van der Waals surface area contributed by atoms with Gasteiger partial charge in [-0.05, 0) is 29.8 Å². The lowest BCUT2D eigenvalue weighted by Gasteiger charge is -2.13. The quantitative estimate of drug-likeness (QED) is 0.823. The summed E-state index contributed by atoms with van der Waals surface area (Å²) in [5.74, 6) is 0. The monoisotopic (exact) mass is 277 g/mol. The average molecular weight is 278 g/mol. The fraction of sp³-hybridized carbons (Fsp3) is 0.0667. The molecule has 0 aromatic heterocycles. The van der Waals surface area contributed by atoms with Crippen molar-refractivity contribution < 1.29 is 0 Å². The van der Waals surface area contributed by atoms with Crippen molar-refractivity contribution >= 4 is 34.5 Å². The highest BCUT2D eigenvalue weighted by Gasteiger charge is 2.10. The van der Waals surface area contributed by atoms with Crippen LogP contribution in [0.15, 0.2) is 49.0 Å². The molecule has 2 aromatic carbocycles. The Morgan fingerprint density at radius 3 is 2.44 bits per heavy atom. The minimum atomic E-state index is 0.678. The van der Waals surface area contributed by atoms with Crippen LogP contribution in [-0.2, 0) is 0 Å². The highest BCUT2D eigenvalue weighted by atomic mass is 35.5. The molecule has 3 heteroatoms. The van der Waals surface area contributed by atoms with E-state index in [1.807, 2.05) is 49.5 Å². The van der Waals surface area contributed by atoms with Crippen LogP contribution < -0.4 is 5.32 Å². The Balaban J connectivity index is 2.52. The molecule has 2 aromatic rings. The van der Waals surface area contributed by atoms with Crippen molar-refractivity contribution in [2.24, 2.45) is 0 Å². The van der Waals surface area contributed by atoms with Crippen LogP contribution in [-0.4, -0.2) is 7.05 Å². The maximum absolute atomic E-state index is 6.19. The maximum atomic E-state index is 6.19. The van der Waals surface area contributed by atoms with E-state index in [1.165, 1.54) is 0 Å². The van der Waals surface area contributed by atoms with Gasteiger partial charge in [-0.15, -0.1) is 0 Å². The minimum Gasteiger partial charge on any atom is -0.388 e. The zero-order valence-electron chi connectivity index (χ0n) is 10.0.